The van der Waals surface area contributed by atoms with Crippen LogP contribution in [0.5, 0.6) is 5.75 Å². The summed E-state index contributed by atoms with van der Waals surface area (Å²) in [6, 6.07) is 4.06. The van der Waals surface area contributed by atoms with Crippen LogP contribution >= 0.6 is 15.9 Å². The van der Waals surface area contributed by atoms with Crippen molar-refractivity contribution >= 4 is 31.9 Å². The van der Waals surface area contributed by atoms with E-state index in [1.54, 1.807) is 0 Å². The zero-order valence-electron chi connectivity index (χ0n) is 13.2. The highest BCUT2D eigenvalue weighted by atomic mass is 79.9. The van der Waals surface area contributed by atoms with E-state index in [0.29, 0.717) is 17.3 Å². The Balaban J connectivity index is 2.16. The third-order valence-corrected chi connectivity index (χ3v) is 5.99. The van der Waals surface area contributed by atoms with Gasteiger partial charge in [-0.05, 0) is 38.0 Å². The van der Waals surface area contributed by atoms with Gasteiger partial charge >= 0.3 is 0 Å². The topological polar surface area (TPSA) is 72.5 Å². The highest BCUT2D eigenvalue weighted by molar-refractivity contribution is 9.10. The van der Waals surface area contributed by atoms with Gasteiger partial charge in [-0.3, -0.25) is 4.79 Å². The number of hydrogen-bond acceptors (Lipinski definition) is 4. The number of benzene rings is 1. The first-order valence-electron chi connectivity index (χ1n) is 7.47. The number of carbonyl (C=O) groups excluding carboxylic acids is 1. The van der Waals surface area contributed by atoms with Crippen LogP contribution < -0.4 is 9.46 Å². The fourth-order valence-corrected chi connectivity index (χ4v) is 3.74. The fourth-order valence-electron chi connectivity index (χ4n) is 2.01. The fraction of sp³-hybridized carbons (Fsp3) is 0.533. The van der Waals surface area contributed by atoms with Gasteiger partial charge in [0.05, 0.1) is 10.8 Å². The molecule has 0 aromatic heterocycles. The molecule has 0 aliphatic heterocycles. The lowest BCUT2D eigenvalue weighted by Crippen LogP contribution is -2.41. The van der Waals surface area contributed by atoms with Crippen LogP contribution in [0.1, 0.15) is 38.7 Å². The van der Waals surface area contributed by atoms with Crippen LogP contribution in [-0.2, 0) is 20.7 Å². The van der Waals surface area contributed by atoms with Crippen LogP contribution in [-0.4, -0.2) is 25.7 Å². The Morgan fingerprint density at radius 3 is 2.62 bits per heavy atom. The third-order valence-electron chi connectivity index (χ3n) is 3.66. The van der Waals surface area contributed by atoms with Gasteiger partial charge in [-0.15, -0.1) is 0 Å². The van der Waals surface area contributed by atoms with Gasteiger partial charge in [-0.1, -0.05) is 22.9 Å². The van der Waals surface area contributed by atoms with Gasteiger partial charge in [0.1, 0.15) is 5.75 Å². The Morgan fingerprint density at radius 2 is 2.08 bits per heavy atom. The minimum Gasteiger partial charge on any atom is -0.480 e. The molecular formula is C15H18BrF2NO4S. The minimum atomic E-state index is -3.71. The zero-order chi connectivity index (χ0) is 18.1. The van der Waals surface area contributed by atoms with E-state index in [1.807, 2.05) is 4.72 Å². The van der Waals surface area contributed by atoms with Crippen molar-refractivity contribution in [3.05, 3.63) is 28.2 Å². The molecule has 1 saturated carbocycles. The molecule has 24 heavy (non-hydrogen) atoms. The summed E-state index contributed by atoms with van der Waals surface area (Å²) >= 11 is 3.13. The van der Waals surface area contributed by atoms with E-state index in [2.05, 4.69) is 15.9 Å². The molecule has 1 aliphatic carbocycles. The normalized spacial score (nSPS) is 16.5. The number of ether oxygens (including phenoxy) is 1. The summed E-state index contributed by atoms with van der Waals surface area (Å²) in [5.74, 6) is -4.16. The minimum absolute atomic E-state index is 0.156. The largest absolute Gasteiger partial charge is 0.480 e. The number of amides is 1. The average molecular weight is 426 g/mol. The van der Waals surface area contributed by atoms with E-state index in [-0.39, 0.29) is 11.3 Å². The Kier molecular flexibility index (Phi) is 5.54. The summed E-state index contributed by atoms with van der Waals surface area (Å²) in [5.41, 5.74) is -0.357. The number of rotatable bonds is 7. The van der Waals surface area contributed by atoms with Crippen LogP contribution in [0.15, 0.2) is 22.7 Å². The smallest absolute Gasteiger partial charge is 0.276 e. The summed E-state index contributed by atoms with van der Waals surface area (Å²) in [7, 11) is -3.71. The first-order valence-corrected chi connectivity index (χ1v) is 9.80. The molecule has 1 atom stereocenters. The van der Waals surface area contributed by atoms with E-state index >= 15 is 0 Å². The molecule has 1 aliphatic rings. The Morgan fingerprint density at radius 1 is 1.46 bits per heavy atom. The van der Waals surface area contributed by atoms with E-state index < -0.39 is 39.6 Å². The van der Waals surface area contributed by atoms with Gasteiger partial charge in [-0.25, -0.2) is 21.9 Å². The monoisotopic (exact) mass is 425 g/mol. The Bertz CT molecular complexity index is 735. The molecular weight excluding hydrogens is 408 g/mol. The van der Waals surface area contributed by atoms with Gasteiger partial charge in [0.15, 0.2) is 6.10 Å². The van der Waals surface area contributed by atoms with Gasteiger partial charge in [0.25, 0.3) is 11.8 Å². The van der Waals surface area contributed by atoms with Crippen LogP contribution in [0.25, 0.3) is 0 Å². The van der Waals surface area contributed by atoms with Gasteiger partial charge in [-0.2, -0.15) is 0 Å². The molecule has 1 fully saturated rings. The highest BCUT2D eigenvalue weighted by Gasteiger charge is 2.38. The number of hydrogen-bond donors (Lipinski definition) is 1. The van der Waals surface area contributed by atoms with E-state index in [9.17, 15) is 22.0 Å². The maximum Gasteiger partial charge on any atom is 0.276 e. The summed E-state index contributed by atoms with van der Waals surface area (Å²) < 4.78 is 59.4. The molecule has 2 rings (SSSR count). The number of alkyl halides is 2. The molecule has 1 aromatic rings. The second-order valence-electron chi connectivity index (χ2n) is 5.67. The molecule has 0 unspecified atom stereocenters. The molecule has 1 aromatic carbocycles. The van der Waals surface area contributed by atoms with E-state index in [4.69, 9.17) is 4.74 Å². The summed E-state index contributed by atoms with van der Waals surface area (Å²) in [4.78, 5) is 12.0. The van der Waals surface area contributed by atoms with Crippen molar-refractivity contribution < 1.29 is 26.7 Å². The van der Waals surface area contributed by atoms with Gasteiger partial charge < -0.3 is 4.74 Å². The number of sulfonamides is 1. The van der Waals surface area contributed by atoms with Crippen LogP contribution in [0, 0.1) is 0 Å². The van der Waals surface area contributed by atoms with Crippen molar-refractivity contribution in [2.24, 2.45) is 0 Å². The van der Waals surface area contributed by atoms with Crippen molar-refractivity contribution in [3.63, 3.8) is 0 Å². The number of halogens is 3. The molecule has 0 saturated heterocycles. The van der Waals surface area contributed by atoms with Crippen molar-refractivity contribution in [1.82, 2.24) is 4.72 Å². The lowest BCUT2D eigenvalue weighted by molar-refractivity contribution is -0.125. The first-order chi connectivity index (χ1) is 11.1. The predicted molar refractivity (Wildman–Crippen MR) is 88.5 cm³/mol. The van der Waals surface area contributed by atoms with E-state index in [1.165, 1.54) is 32.0 Å². The molecule has 9 heteroatoms. The van der Waals surface area contributed by atoms with Crippen LogP contribution in [0.3, 0.4) is 0 Å². The van der Waals surface area contributed by atoms with Crippen LogP contribution in [0.4, 0.5) is 8.78 Å². The van der Waals surface area contributed by atoms with Crippen LogP contribution in [0.2, 0.25) is 0 Å². The number of carbonyl (C=O) groups is 1. The maximum atomic E-state index is 14.1. The molecule has 0 heterocycles. The summed E-state index contributed by atoms with van der Waals surface area (Å²) in [6.45, 7) is 2.65. The molecule has 0 bridgehead atoms. The summed E-state index contributed by atoms with van der Waals surface area (Å²) in [5, 5.41) is -0.554. The van der Waals surface area contributed by atoms with Crippen molar-refractivity contribution in [3.8, 4) is 5.75 Å². The quantitative estimate of drug-likeness (QED) is 0.726. The maximum absolute atomic E-state index is 14.1. The second-order valence-corrected chi connectivity index (χ2v) is 8.55. The molecule has 1 amide bonds. The predicted octanol–water partition coefficient (Wildman–Crippen LogP) is 3.33. The van der Waals surface area contributed by atoms with Gasteiger partial charge in [0, 0.05) is 10.9 Å². The average Bonchev–Trinajstić information content (AvgIpc) is 3.33. The highest BCUT2D eigenvalue weighted by Crippen LogP contribution is 2.39. The molecule has 134 valence electrons. The Hall–Kier alpha value is -1.22. The van der Waals surface area contributed by atoms with Gasteiger partial charge in [0.2, 0.25) is 10.0 Å². The summed E-state index contributed by atoms with van der Waals surface area (Å²) in [6.07, 6.45) is -0.642. The standard InChI is InChI=1S/C15H18BrF2NO4S/c1-3-15(17,18)12-8-10(16)4-7-13(12)23-9(2)14(20)19-24(21,22)11-5-6-11/h4,7-9,11H,3,5-6H2,1-2H3,(H,19,20)/t9-/m0/s1. The first kappa shape index (κ1) is 19.1. The Labute approximate surface area is 147 Å². The third kappa shape index (κ3) is 4.44. The van der Waals surface area contributed by atoms with Crippen molar-refractivity contribution in [1.29, 1.82) is 0 Å². The zero-order valence-corrected chi connectivity index (χ0v) is 15.6. The van der Waals surface area contributed by atoms with Crippen molar-refractivity contribution in [2.45, 2.75) is 50.4 Å². The molecule has 1 N–H and O–H groups in total. The van der Waals surface area contributed by atoms with E-state index in [0.717, 1.165) is 0 Å². The van der Waals surface area contributed by atoms with Crippen molar-refractivity contribution in [2.75, 3.05) is 0 Å². The lowest BCUT2D eigenvalue weighted by Gasteiger charge is -2.21. The molecule has 5 nitrogen and oxygen atoms in total. The molecule has 0 spiro atoms. The second kappa shape index (κ2) is 6.95. The number of nitrogens with one attached hydrogen (secondary N) is 1. The molecule has 0 radical (unpaired) electrons. The SMILES string of the molecule is CCC(F)(F)c1cc(Br)ccc1O[C@@H](C)C(=O)NS(=O)(=O)C1CC1. The lowest BCUT2D eigenvalue weighted by atomic mass is 10.1.